The zero-order chi connectivity index (χ0) is 20.8. The van der Waals surface area contributed by atoms with Crippen molar-refractivity contribution in [1.29, 1.82) is 0 Å². The second-order valence-corrected chi connectivity index (χ2v) is 8.19. The molecule has 1 amide bonds. The van der Waals surface area contributed by atoms with Crippen molar-refractivity contribution in [3.63, 3.8) is 0 Å². The normalized spacial score (nSPS) is 14.4. The second-order valence-electron chi connectivity index (χ2n) is 7.24. The van der Waals surface area contributed by atoms with Gasteiger partial charge in [0.2, 0.25) is 5.78 Å². The SMILES string of the molecule is O=C(NCc1ccc(CN2CCOCC2)cc1)c1ccccc1C(=O)c1cccs1. The van der Waals surface area contributed by atoms with Crippen LogP contribution in [0.4, 0.5) is 0 Å². The lowest BCUT2D eigenvalue weighted by Gasteiger charge is -2.26. The maximum atomic E-state index is 12.8. The Hall–Kier alpha value is -2.80. The minimum atomic E-state index is -0.243. The first-order valence-corrected chi connectivity index (χ1v) is 10.9. The zero-order valence-electron chi connectivity index (χ0n) is 16.7. The minimum absolute atomic E-state index is 0.122. The molecule has 5 nitrogen and oxygen atoms in total. The number of amides is 1. The highest BCUT2D eigenvalue weighted by molar-refractivity contribution is 7.12. The van der Waals surface area contributed by atoms with Gasteiger partial charge in [-0.3, -0.25) is 14.5 Å². The molecular weight excluding hydrogens is 396 g/mol. The number of hydrogen-bond donors (Lipinski definition) is 1. The van der Waals surface area contributed by atoms with Crippen molar-refractivity contribution in [1.82, 2.24) is 10.2 Å². The highest BCUT2D eigenvalue weighted by Crippen LogP contribution is 2.18. The molecule has 1 aliphatic rings. The van der Waals surface area contributed by atoms with Crippen LogP contribution in [0, 0.1) is 0 Å². The monoisotopic (exact) mass is 420 g/mol. The van der Waals surface area contributed by atoms with Gasteiger partial charge in [-0.1, -0.05) is 48.5 Å². The van der Waals surface area contributed by atoms with E-state index in [1.807, 2.05) is 23.6 Å². The number of morpholine rings is 1. The van der Waals surface area contributed by atoms with Gasteiger partial charge in [0, 0.05) is 31.7 Å². The molecule has 30 heavy (non-hydrogen) atoms. The maximum Gasteiger partial charge on any atom is 0.252 e. The first kappa shape index (κ1) is 20.5. The first-order valence-electron chi connectivity index (χ1n) is 10.0. The van der Waals surface area contributed by atoms with Crippen molar-refractivity contribution in [2.45, 2.75) is 13.1 Å². The number of nitrogens with one attached hydrogen (secondary N) is 1. The largest absolute Gasteiger partial charge is 0.379 e. The molecule has 1 fully saturated rings. The van der Waals surface area contributed by atoms with Crippen LogP contribution in [0.1, 0.15) is 36.7 Å². The van der Waals surface area contributed by atoms with Gasteiger partial charge >= 0.3 is 0 Å². The van der Waals surface area contributed by atoms with Gasteiger partial charge in [0.25, 0.3) is 5.91 Å². The Morgan fingerprint density at radius 3 is 2.30 bits per heavy atom. The lowest BCUT2D eigenvalue weighted by atomic mass is 10.0. The number of benzene rings is 2. The molecule has 2 heterocycles. The van der Waals surface area contributed by atoms with Crippen molar-refractivity contribution in [2.75, 3.05) is 26.3 Å². The van der Waals surface area contributed by atoms with Gasteiger partial charge in [0.05, 0.1) is 23.7 Å². The zero-order valence-corrected chi connectivity index (χ0v) is 17.5. The molecule has 1 aromatic heterocycles. The summed E-state index contributed by atoms with van der Waals surface area (Å²) in [5.41, 5.74) is 3.10. The fourth-order valence-electron chi connectivity index (χ4n) is 3.48. The predicted octanol–water partition coefficient (Wildman–Crippen LogP) is 3.74. The quantitative estimate of drug-likeness (QED) is 0.592. The molecule has 1 N–H and O–H groups in total. The summed E-state index contributed by atoms with van der Waals surface area (Å²) in [6.45, 7) is 4.83. The van der Waals surface area contributed by atoms with Crippen molar-refractivity contribution >= 4 is 23.0 Å². The average molecular weight is 421 g/mol. The van der Waals surface area contributed by atoms with Crippen molar-refractivity contribution in [2.24, 2.45) is 0 Å². The van der Waals surface area contributed by atoms with E-state index in [1.165, 1.54) is 16.9 Å². The maximum absolute atomic E-state index is 12.8. The third kappa shape index (κ3) is 5.02. The standard InChI is InChI=1S/C24H24N2O3S/c27-23(22-6-3-15-30-22)20-4-1-2-5-21(20)24(28)25-16-18-7-9-19(10-8-18)17-26-11-13-29-14-12-26/h1-10,15H,11-14,16-17H2,(H,25,28). The molecule has 0 saturated carbocycles. The number of hydrogen-bond acceptors (Lipinski definition) is 5. The van der Waals surface area contributed by atoms with Gasteiger partial charge in [-0.05, 0) is 28.6 Å². The molecule has 2 aromatic carbocycles. The van der Waals surface area contributed by atoms with E-state index in [2.05, 4.69) is 22.3 Å². The molecule has 0 radical (unpaired) electrons. The second kappa shape index (κ2) is 9.80. The summed E-state index contributed by atoms with van der Waals surface area (Å²) in [6.07, 6.45) is 0. The van der Waals surface area contributed by atoms with E-state index < -0.39 is 0 Å². The smallest absolute Gasteiger partial charge is 0.252 e. The van der Waals surface area contributed by atoms with Crippen LogP contribution < -0.4 is 5.32 Å². The molecule has 0 bridgehead atoms. The van der Waals surface area contributed by atoms with E-state index >= 15 is 0 Å². The van der Waals surface area contributed by atoms with E-state index in [1.54, 1.807) is 30.3 Å². The van der Waals surface area contributed by atoms with Crippen LogP contribution in [-0.4, -0.2) is 42.9 Å². The molecule has 1 aliphatic heterocycles. The summed E-state index contributed by atoms with van der Waals surface area (Å²) in [4.78, 5) is 28.5. The minimum Gasteiger partial charge on any atom is -0.379 e. The highest BCUT2D eigenvalue weighted by atomic mass is 32.1. The third-order valence-electron chi connectivity index (χ3n) is 5.15. The predicted molar refractivity (Wildman–Crippen MR) is 118 cm³/mol. The molecule has 4 rings (SSSR count). The summed E-state index contributed by atoms with van der Waals surface area (Å²) in [6, 6.07) is 18.9. The Balaban J connectivity index is 1.37. The van der Waals surface area contributed by atoms with Crippen LogP contribution in [0.5, 0.6) is 0 Å². The van der Waals surface area contributed by atoms with Crippen molar-refractivity contribution < 1.29 is 14.3 Å². The Kier molecular flexibility index (Phi) is 6.69. The summed E-state index contributed by atoms with van der Waals surface area (Å²) in [5, 5.41) is 4.80. The van der Waals surface area contributed by atoms with Gasteiger partial charge in [0.1, 0.15) is 0 Å². The molecule has 1 saturated heterocycles. The van der Waals surface area contributed by atoms with E-state index in [0.29, 0.717) is 22.5 Å². The molecule has 3 aromatic rings. The van der Waals surface area contributed by atoms with Gasteiger partial charge < -0.3 is 10.1 Å². The van der Waals surface area contributed by atoms with Gasteiger partial charge in [0.15, 0.2) is 0 Å². The molecule has 0 atom stereocenters. The fraction of sp³-hybridized carbons (Fsp3) is 0.250. The summed E-state index contributed by atoms with van der Waals surface area (Å²) in [7, 11) is 0. The van der Waals surface area contributed by atoms with E-state index in [9.17, 15) is 9.59 Å². The Bertz CT molecular complexity index is 994. The lowest BCUT2D eigenvalue weighted by Crippen LogP contribution is -2.35. The van der Waals surface area contributed by atoms with Crippen molar-refractivity contribution in [3.05, 3.63) is 93.2 Å². The van der Waals surface area contributed by atoms with Crippen LogP contribution in [0.15, 0.2) is 66.0 Å². The molecule has 0 aliphatic carbocycles. The topological polar surface area (TPSA) is 58.6 Å². The highest BCUT2D eigenvalue weighted by Gasteiger charge is 2.18. The fourth-order valence-corrected chi connectivity index (χ4v) is 4.16. The molecular formula is C24H24N2O3S. The van der Waals surface area contributed by atoms with E-state index in [-0.39, 0.29) is 11.7 Å². The van der Waals surface area contributed by atoms with E-state index in [4.69, 9.17) is 4.74 Å². The number of thiophene rings is 1. The molecule has 154 valence electrons. The molecule has 0 spiro atoms. The van der Waals surface area contributed by atoms with Crippen LogP contribution in [0.3, 0.4) is 0 Å². The Morgan fingerprint density at radius 1 is 0.900 bits per heavy atom. The van der Waals surface area contributed by atoms with Crippen LogP contribution in [-0.2, 0) is 17.8 Å². The lowest BCUT2D eigenvalue weighted by molar-refractivity contribution is 0.0342. The first-order chi connectivity index (χ1) is 14.7. The number of ether oxygens (including phenoxy) is 1. The van der Waals surface area contributed by atoms with Gasteiger partial charge in [-0.15, -0.1) is 11.3 Å². The molecule has 6 heteroatoms. The van der Waals surface area contributed by atoms with Crippen LogP contribution in [0.2, 0.25) is 0 Å². The van der Waals surface area contributed by atoms with E-state index in [0.717, 1.165) is 38.4 Å². The summed E-state index contributed by atoms with van der Waals surface area (Å²) < 4.78 is 5.39. The number of rotatable bonds is 7. The van der Waals surface area contributed by atoms with Gasteiger partial charge in [-0.25, -0.2) is 0 Å². The molecule has 0 unspecified atom stereocenters. The number of carbonyl (C=O) groups is 2. The summed E-state index contributed by atoms with van der Waals surface area (Å²) in [5.74, 6) is -0.365. The number of nitrogens with zero attached hydrogens (tertiary/aromatic N) is 1. The Morgan fingerprint density at radius 2 is 1.60 bits per heavy atom. The number of carbonyl (C=O) groups excluding carboxylic acids is 2. The van der Waals surface area contributed by atoms with Crippen LogP contribution in [0.25, 0.3) is 0 Å². The van der Waals surface area contributed by atoms with Gasteiger partial charge in [-0.2, -0.15) is 0 Å². The number of ketones is 1. The van der Waals surface area contributed by atoms with Crippen LogP contribution >= 0.6 is 11.3 Å². The average Bonchev–Trinajstić information content (AvgIpc) is 3.34. The van der Waals surface area contributed by atoms with Crippen molar-refractivity contribution in [3.8, 4) is 0 Å². The Labute approximate surface area is 180 Å². The summed E-state index contributed by atoms with van der Waals surface area (Å²) >= 11 is 1.38. The third-order valence-corrected chi connectivity index (χ3v) is 6.02.